The fourth-order valence-corrected chi connectivity index (χ4v) is 4.34. The number of carbonyl (C=O) groups excluding carboxylic acids is 1. The van der Waals surface area contributed by atoms with Crippen LogP contribution in [-0.4, -0.2) is 35.2 Å². The summed E-state index contributed by atoms with van der Waals surface area (Å²) in [5.41, 5.74) is 0.472. The Hall–Kier alpha value is -3.07. The minimum absolute atomic E-state index is 0.0786. The molecule has 29 heavy (non-hydrogen) atoms. The zero-order valence-corrected chi connectivity index (χ0v) is 17.3. The van der Waals surface area contributed by atoms with Gasteiger partial charge in [-0.05, 0) is 32.0 Å². The van der Waals surface area contributed by atoms with E-state index in [1.54, 1.807) is 46.3 Å². The number of aromatic amines is 1. The number of fused-ring (bicyclic) bond motifs is 2. The molecule has 8 nitrogen and oxygen atoms in total. The van der Waals surface area contributed by atoms with Crippen LogP contribution in [0.5, 0.6) is 5.75 Å². The van der Waals surface area contributed by atoms with Crippen LogP contribution >= 0.6 is 0 Å². The molecule has 0 aliphatic carbocycles. The van der Waals surface area contributed by atoms with E-state index in [-0.39, 0.29) is 27.8 Å². The normalized spacial score (nSPS) is 15.7. The molecule has 1 amide bonds. The molecule has 0 bridgehead atoms. The highest BCUT2D eigenvalue weighted by Crippen LogP contribution is 2.45. The number of H-pyrrole nitrogens is 1. The van der Waals surface area contributed by atoms with E-state index in [9.17, 15) is 18.0 Å². The number of benzene rings is 1. The summed E-state index contributed by atoms with van der Waals surface area (Å²) in [6, 6.07) is 4.71. The first-order valence-corrected chi connectivity index (χ1v) is 10.8. The molecule has 1 aromatic carbocycles. The van der Waals surface area contributed by atoms with E-state index in [4.69, 9.17) is 4.74 Å². The SMILES string of the molecule is CCS(=O)(=O)c1cc2c(c(-c3cn(C)c(=O)c4[nH]ccc34)c1)OC(C)(C)C(=O)N2. The Kier molecular flexibility index (Phi) is 4.13. The van der Waals surface area contributed by atoms with Crippen molar-refractivity contribution >= 4 is 32.3 Å². The molecule has 1 aliphatic rings. The molecular weight excluding hydrogens is 394 g/mol. The van der Waals surface area contributed by atoms with E-state index in [1.165, 1.54) is 16.7 Å². The smallest absolute Gasteiger partial charge is 0.274 e. The number of hydrogen-bond acceptors (Lipinski definition) is 5. The molecule has 152 valence electrons. The number of ether oxygens (including phenoxy) is 1. The molecule has 0 radical (unpaired) electrons. The summed E-state index contributed by atoms with van der Waals surface area (Å²) in [5, 5.41) is 3.40. The Balaban J connectivity index is 2.11. The number of aryl methyl sites for hydroxylation is 1. The summed E-state index contributed by atoms with van der Waals surface area (Å²) in [4.78, 5) is 27.8. The van der Waals surface area contributed by atoms with Gasteiger partial charge in [-0.15, -0.1) is 0 Å². The van der Waals surface area contributed by atoms with Crippen molar-refractivity contribution in [2.24, 2.45) is 7.05 Å². The van der Waals surface area contributed by atoms with Crippen molar-refractivity contribution < 1.29 is 17.9 Å². The number of anilines is 1. The summed E-state index contributed by atoms with van der Waals surface area (Å²) in [6.07, 6.45) is 3.30. The number of hydrogen-bond donors (Lipinski definition) is 2. The highest BCUT2D eigenvalue weighted by atomic mass is 32.2. The van der Waals surface area contributed by atoms with Crippen LogP contribution < -0.4 is 15.6 Å². The van der Waals surface area contributed by atoms with Crippen LogP contribution in [0, 0.1) is 0 Å². The fourth-order valence-electron chi connectivity index (χ4n) is 3.41. The largest absolute Gasteiger partial charge is 0.475 e. The van der Waals surface area contributed by atoms with Crippen molar-refractivity contribution in [1.82, 2.24) is 9.55 Å². The van der Waals surface area contributed by atoms with E-state index in [1.807, 2.05) is 0 Å². The summed E-state index contributed by atoms with van der Waals surface area (Å²) in [7, 11) is -1.93. The average Bonchev–Trinajstić information content (AvgIpc) is 3.15. The van der Waals surface area contributed by atoms with Gasteiger partial charge in [-0.2, -0.15) is 0 Å². The Bertz CT molecular complexity index is 1330. The molecule has 3 aromatic rings. The molecular formula is C20H21N3O5S. The third kappa shape index (κ3) is 2.93. The van der Waals surface area contributed by atoms with Crippen LogP contribution in [0.3, 0.4) is 0 Å². The van der Waals surface area contributed by atoms with Crippen molar-refractivity contribution in [2.45, 2.75) is 31.3 Å². The molecule has 2 aromatic heterocycles. The number of nitrogens with zero attached hydrogens (tertiary/aromatic N) is 1. The highest BCUT2D eigenvalue weighted by Gasteiger charge is 2.38. The molecule has 0 atom stereocenters. The summed E-state index contributed by atoms with van der Waals surface area (Å²) in [5.74, 6) is -0.0849. The van der Waals surface area contributed by atoms with Gasteiger partial charge in [0.1, 0.15) is 5.52 Å². The van der Waals surface area contributed by atoms with Crippen molar-refractivity contribution in [3.8, 4) is 16.9 Å². The lowest BCUT2D eigenvalue weighted by Gasteiger charge is -2.33. The van der Waals surface area contributed by atoms with E-state index in [0.717, 1.165) is 0 Å². The Morgan fingerprint density at radius 3 is 2.59 bits per heavy atom. The Morgan fingerprint density at radius 2 is 1.90 bits per heavy atom. The van der Waals surface area contributed by atoms with Gasteiger partial charge in [0.05, 0.1) is 16.3 Å². The zero-order chi connectivity index (χ0) is 21.1. The topological polar surface area (TPSA) is 110 Å². The maximum absolute atomic E-state index is 12.6. The van der Waals surface area contributed by atoms with Crippen molar-refractivity contribution in [3.05, 3.63) is 40.9 Å². The van der Waals surface area contributed by atoms with Gasteiger partial charge in [0.15, 0.2) is 21.2 Å². The third-order valence-corrected chi connectivity index (χ3v) is 6.85. The number of amides is 1. The summed E-state index contributed by atoms with van der Waals surface area (Å²) >= 11 is 0. The van der Waals surface area contributed by atoms with Crippen LogP contribution in [-0.2, 0) is 21.7 Å². The van der Waals surface area contributed by atoms with Gasteiger partial charge in [-0.3, -0.25) is 9.59 Å². The van der Waals surface area contributed by atoms with Gasteiger partial charge in [-0.25, -0.2) is 8.42 Å². The lowest BCUT2D eigenvalue weighted by Crippen LogP contribution is -2.45. The molecule has 0 unspecified atom stereocenters. The lowest BCUT2D eigenvalue weighted by atomic mass is 9.98. The molecule has 4 rings (SSSR count). The van der Waals surface area contributed by atoms with E-state index in [0.29, 0.717) is 27.8 Å². The predicted molar refractivity (Wildman–Crippen MR) is 110 cm³/mol. The van der Waals surface area contributed by atoms with Crippen molar-refractivity contribution in [2.75, 3.05) is 11.1 Å². The van der Waals surface area contributed by atoms with E-state index < -0.39 is 15.4 Å². The van der Waals surface area contributed by atoms with Crippen LogP contribution in [0.1, 0.15) is 20.8 Å². The van der Waals surface area contributed by atoms with Gasteiger partial charge in [0.2, 0.25) is 0 Å². The van der Waals surface area contributed by atoms with Gasteiger partial charge in [0, 0.05) is 36.0 Å². The number of aromatic nitrogens is 2. The van der Waals surface area contributed by atoms with Gasteiger partial charge < -0.3 is 19.6 Å². The quantitative estimate of drug-likeness (QED) is 0.683. The van der Waals surface area contributed by atoms with Gasteiger partial charge >= 0.3 is 0 Å². The number of carbonyl (C=O) groups is 1. The van der Waals surface area contributed by atoms with Crippen LogP contribution in [0.15, 0.2) is 40.3 Å². The van der Waals surface area contributed by atoms with E-state index in [2.05, 4.69) is 10.3 Å². The first-order valence-electron chi connectivity index (χ1n) is 9.13. The van der Waals surface area contributed by atoms with Crippen molar-refractivity contribution in [1.29, 1.82) is 0 Å². The first-order chi connectivity index (χ1) is 13.5. The Labute approximate surface area is 167 Å². The molecule has 1 aliphatic heterocycles. The minimum Gasteiger partial charge on any atom is -0.475 e. The molecule has 0 fully saturated rings. The third-order valence-electron chi connectivity index (χ3n) is 5.14. The van der Waals surface area contributed by atoms with E-state index >= 15 is 0 Å². The molecule has 0 saturated heterocycles. The zero-order valence-electron chi connectivity index (χ0n) is 16.5. The monoisotopic (exact) mass is 415 g/mol. The minimum atomic E-state index is -3.55. The summed E-state index contributed by atoms with van der Waals surface area (Å²) < 4.78 is 32.6. The second-order valence-corrected chi connectivity index (χ2v) is 9.82. The molecule has 3 heterocycles. The fraction of sp³-hybridized carbons (Fsp3) is 0.300. The maximum Gasteiger partial charge on any atom is 0.274 e. The van der Waals surface area contributed by atoms with Gasteiger partial charge in [-0.1, -0.05) is 6.92 Å². The highest BCUT2D eigenvalue weighted by molar-refractivity contribution is 7.91. The predicted octanol–water partition coefficient (Wildman–Crippen LogP) is 2.44. The molecule has 9 heteroatoms. The summed E-state index contributed by atoms with van der Waals surface area (Å²) in [6.45, 7) is 4.83. The van der Waals surface area contributed by atoms with Crippen LogP contribution in [0.4, 0.5) is 5.69 Å². The number of pyridine rings is 1. The maximum atomic E-state index is 12.6. The van der Waals surface area contributed by atoms with Crippen LogP contribution in [0.2, 0.25) is 0 Å². The molecule has 2 N–H and O–H groups in total. The Morgan fingerprint density at radius 1 is 1.17 bits per heavy atom. The van der Waals surface area contributed by atoms with Gasteiger partial charge in [0.25, 0.3) is 11.5 Å². The average molecular weight is 415 g/mol. The number of rotatable bonds is 3. The second kappa shape index (κ2) is 6.21. The molecule has 0 spiro atoms. The standard InChI is InChI=1S/C20H21N3O5S/c1-5-29(26,27)11-8-13(17-15(9-11)22-19(25)20(2,3)28-17)14-10-23(4)18(24)16-12(14)6-7-21-16/h6-10,21H,5H2,1-4H3,(H,22,25). The molecule has 0 saturated carbocycles. The van der Waals surface area contributed by atoms with Crippen LogP contribution in [0.25, 0.3) is 22.0 Å². The first kappa shape index (κ1) is 19.3. The number of nitrogens with one attached hydrogen (secondary N) is 2. The van der Waals surface area contributed by atoms with Crippen molar-refractivity contribution in [3.63, 3.8) is 0 Å². The lowest BCUT2D eigenvalue weighted by molar-refractivity contribution is -0.129. The second-order valence-electron chi connectivity index (χ2n) is 7.54. The number of sulfone groups is 1.